The Balaban J connectivity index is 2.45. The molecule has 0 bridgehead atoms. The molecule has 64 valence electrons. The zero-order valence-electron chi connectivity index (χ0n) is 6.71. The van der Waals surface area contributed by atoms with Crippen molar-refractivity contribution in [3.8, 4) is 5.75 Å². The van der Waals surface area contributed by atoms with Gasteiger partial charge in [-0.15, -0.1) is 0 Å². The number of benzene rings is 1. The van der Waals surface area contributed by atoms with Crippen LogP contribution in [-0.2, 0) is 4.74 Å². The van der Waals surface area contributed by atoms with E-state index in [1.807, 2.05) is 0 Å². The van der Waals surface area contributed by atoms with Crippen molar-refractivity contribution in [1.82, 2.24) is 0 Å². The molecule has 1 aromatic rings. The lowest BCUT2D eigenvalue weighted by Gasteiger charge is -2.05. The van der Waals surface area contributed by atoms with E-state index in [4.69, 9.17) is 9.47 Å². The average Bonchev–Trinajstić information content (AvgIpc) is 2.87. The third kappa shape index (κ3) is 1.16. The molecule has 1 aromatic carbocycles. The van der Waals surface area contributed by atoms with Gasteiger partial charge in [-0.2, -0.15) is 0 Å². The minimum Gasteiger partial charge on any atom is -0.496 e. The Morgan fingerprint density at radius 2 is 2.33 bits per heavy atom. The van der Waals surface area contributed by atoms with E-state index in [9.17, 15) is 4.39 Å². The highest BCUT2D eigenvalue weighted by Crippen LogP contribution is 2.37. The molecular weight excluding hydrogens is 159 g/mol. The van der Waals surface area contributed by atoms with E-state index >= 15 is 0 Å². The zero-order chi connectivity index (χ0) is 8.55. The summed E-state index contributed by atoms with van der Waals surface area (Å²) in [5.41, 5.74) is 0.542. The predicted octanol–water partition coefficient (Wildman–Crippen LogP) is 1.91. The second-order valence-electron chi connectivity index (χ2n) is 2.68. The molecule has 1 heterocycles. The second-order valence-corrected chi connectivity index (χ2v) is 2.68. The summed E-state index contributed by atoms with van der Waals surface area (Å²) in [6, 6.07) is 4.78. The van der Waals surface area contributed by atoms with E-state index in [1.165, 1.54) is 13.2 Å². The molecule has 0 spiro atoms. The van der Waals surface area contributed by atoms with Crippen molar-refractivity contribution in [2.75, 3.05) is 13.7 Å². The van der Waals surface area contributed by atoms with E-state index in [2.05, 4.69) is 0 Å². The van der Waals surface area contributed by atoms with Crippen molar-refractivity contribution < 1.29 is 13.9 Å². The number of methoxy groups -OCH3 is 1. The maximum absolute atomic E-state index is 13.2. The Morgan fingerprint density at radius 3 is 2.92 bits per heavy atom. The molecular formula is C9H9FO2. The summed E-state index contributed by atoms with van der Waals surface area (Å²) in [7, 11) is 1.53. The van der Waals surface area contributed by atoms with Crippen molar-refractivity contribution in [1.29, 1.82) is 0 Å². The van der Waals surface area contributed by atoms with Crippen molar-refractivity contribution in [2.24, 2.45) is 0 Å². The number of hydrogen-bond acceptors (Lipinski definition) is 2. The fraction of sp³-hybridized carbons (Fsp3) is 0.333. The fourth-order valence-corrected chi connectivity index (χ4v) is 1.22. The highest BCUT2D eigenvalue weighted by atomic mass is 19.1. The lowest BCUT2D eigenvalue weighted by Crippen LogP contribution is -1.94. The average molecular weight is 168 g/mol. The highest BCUT2D eigenvalue weighted by Gasteiger charge is 2.30. The first kappa shape index (κ1) is 7.55. The summed E-state index contributed by atoms with van der Waals surface area (Å²) >= 11 is 0. The first-order valence-corrected chi connectivity index (χ1v) is 3.77. The van der Waals surface area contributed by atoms with E-state index in [0.29, 0.717) is 17.9 Å². The van der Waals surface area contributed by atoms with Gasteiger partial charge >= 0.3 is 0 Å². The van der Waals surface area contributed by atoms with Crippen LogP contribution in [-0.4, -0.2) is 13.7 Å². The quantitative estimate of drug-likeness (QED) is 0.629. The number of hydrogen-bond donors (Lipinski definition) is 0. The number of epoxide rings is 1. The van der Waals surface area contributed by atoms with Crippen molar-refractivity contribution in [2.45, 2.75) is 6.10 Å². The molecule has 0 amide bonds. The molecule has 0 N–H and O–H groups in total. The van der Waals surface area contributed by atoms with Gasteiger partial charge in [-0.05, 0) is 12.1 Å². The molecule has 1 fully saturated rings. The summed E-state index contributed by atoms with van der Waals surface area (Å²) in [4.78, 5) is 0. The van der Waals surface area contributed by atoms with E-state index in [0.717, 1.165) is 0 Å². The van der Waals surface area contributed by atoms with Crippen LogP contribution in [0.2, 0.25) is 0 Å². The molecule has 1 aliphatic heterocycles. The maximum atomic E-state index is 13.2. The fourth-order valence-electron chi connectivity index (χ4n) is 1.22. The topological polar surface area (TPSA) is 21.8 Å². The third-order valence-electron chi connectivity index (χ3n) is 1.89. The molecule has 3 heteroatoms. The summed E-state index contributed by atoms with van der Waals surface area (Å²) < 4.78 is 23.2. The summed E-state index contributed by atoms with van der Waals surface area (Å²) in [6.07, 6.45) is -0.0962. The van der Waals surface area contributed by atoms with Crippen LogP contribution in [0.25, 0.3) is 0 Å². The Labute approximate surface area is 69.9 Å². The van der Waals surface area contributed by atoms with E-state index in [-0.39, 0.29) is 11.9 Å². The highest BCUT2D eigenvalue weighted by molar-refractivity contribution is 5.37. The van der Waals surface area contributed by atoms with Gasteiger partial charge in [-0.1, -0.05) is 6.07 Å². The molecule has 0 unspecified atom stereocenters. The lowest BCUT2D eigenvalue weighted by atomic mass is 10.1. The van der Waals surface area contributed by atoms with Crippen LogP contribution >= 0.6 is 0 Å². The van der Waals surface area contributed by atoms with Crippen LogP contribution in [0.4, 0.5) is 4.39 Å². The monoisotopic (exact) mass is 168 g/mol. The van der Waals surface area contributed by atoms with Crippen molar-refractivity contribution >= 4 is 0 Å². The molecule has 1 saturated heterocycles. The predicted molar refractivity (Wildman–Crippen MR) is 41.6 cm³/mol. The van der Waals surface area contributed by atoms with Gasteiger partial charge in [0.25, 0.3) is 0 Å². The minimum absolute atomic E-state index is 0.0962. The standard InChI is InChI=1S/C9H9FO2/c1-11-7-4-2-3-6(10)9(7)8-5-12-8/h2-4,8H,5H2,1H3/t8-/m1/s1. The summed E-state index contributed by atoms with van der Waals surface area (Å²) in [5.74, 6) is 0.314. The van der Waals surface area contributed by atoms with Gasteiger partial charge in [-0.3, -0.25) is 0 Å². The normalized spacial score (nSPS) is 20.7. The van der Waals surface area contributed by atoms with Crippen LogP contribution < -0.4 is 4.74 Å². The molecule has 0 saturated carbocycles. The van der Waals surface area contributed by atoms with Gasteiger partial charge in [0.05, 0.1) is 19.3 Å². The lowest BCUT2D eigenvalue weighted by molar-refractivity contribution is 0.374. The van der Waals surface area contributed by atoms with Crippen LogP contribution in [0.5, 0.6) is 5.75 Å². The van der Waals surface area contributed by atoms with Crippen molar-refractivity contribution in [3.63, 3.8) is 0 Å². The van der Waals surface area contributed by atoms with Crippen LogP contribution in [0.3, 0.4) is 0 Å². The zero-order valence-corrected chi connectivity index (χ0v) is 6.71. The number of ether oxygens (including phenoxy) is 2. The van der Waals surface area contributed by atoms with E-state index < -0.39 is 0 Å². The van der Waals surface area contributed by atoms with Crippen molar-refractivity contribution in [3.05, 3.63) is 29.6 Å². The molecule has 0 aliphatic carbocycles. The Kier molecular flexibility index (Phi) is 1.73. The molecule has 1 atom stereocenters. The van der Waals surface area contributed by atoms with Gasteiger partial charge < -0.3 is 9.47 Å². The summed E-state index contributed by atoms with van der Waals surface area (Å²) in [5, 5.41) is 0. The molecule has 0 radical (unpaired) electrons. The first-order valence-electron chi connectivity index (χ1n) is 3.77. The van der Waals surface area contributed by atoms with Crippen LogP contribution in [0.1, 0.15) is 11.7 Å². The second kappa shape index (κ2) is 2.75. The third-order valence-corrected chi connectivity index (χ3v) is 1.89. The maximum Gasteiger partial charge on any atom is 0.132 e. The smallest absolute Gasteiger partial charge is 0.132 e. The van der Waals surface area contributed by atoms with Gasteiger partial charge in [0, 0.05) is 0 Å². The molecule has 12 heavy (non-hydrogen) atoms. The minimum atomic E-state index is -0.253. The first-order chi connectivity index (χ1) is 5.83. The van der Waals surface area contributed by atoms with Gasteiger partial charge in [0.1, 0.15) is 17.7 Å². The van der Waals surface area contributed by atoms with E-state index in [1.54, 1.807) is 12.1 Å². The molecule has 2 nitrogen and oxygen atoms in total. The SMILES string of the molecule is COc1cccc(F)c1[C@H]1CO1. The summed E-state index contributed by atoms with van der Waals surface area (Å²) in [6.45, 7) is 0.595. The van der Waals surface area contributed by atoms with Gasteiger partial charge in [0.2, 0.25) is 0 Å². The largest absolute Gasteiger partial charge is 0.496 e. The molecule has 2 rings (SSSR count). The number of halogens is 1. The van der Waals surface area contributed by atoms with Crippen LogP contribution in [0.15, 0.2) is 18.2 Å². The Hall–Kier alpha value is -1.09. The molecule has 0 aromatic heterocycles. The van der Waals surface area contributed by atoms with Gasteiger partial charge in [0.15, 0.2) is 0 Å². The van der Waals surface area contributed by atoms with Crippen LogP contribution in [0, 0.1) is 5.82 Å². The Bertz CT molecular complexity index is 295. The van der Waals surface area contributed by atoms with Gasteiger partial charge in [-0.25, -0.2) is 4.39 Å². The Morgan fingerprint density at radius 1 is 1.58 bits per heavy atom. The molecule has 1 aliphatic rings. The number of rotatable bonds is 2.